The van der Waals surface area contributed by atoms with E-state index in [-0.39, 0.29) is 6.10 Å². The van der Waals surface area contributed by atoms with Crippen LogP contribution in [0.15, 0.2) is 12.4 Å². The Labute approximate surface area is 65.4 Å². The van der Waals surface area contributed by atoms with Gasteiger partial charge in [0.2, 0.25) is 0 Å². The highest BCUT2D eigenvalue weighted by atomic mass is 16.6. The summed E-state index contributed by atoms with van der Waals surface area (Å²) in [5.41, 5.74) is 1.64. The number of aromatic nitrogens is 2. The molecule has 4 heteroatoms. The van der Waals surface area contributed by atoms with Gasteiger partial charge in [-0.05, 0) is 13.8 Å². The van der Waals surface area contributed by atoms with Crippen LogP contribution in [0.3, 0.4) is 0 Å². The maximum absolute atomic E-state index is 5.01. The topological polar surface area (TPSA) is 61.0 Å². The molecule has 1 unspecified atom stereocenters. The van der Waals surface area contributed by atoms with Crippen molar-refractivity contribution in [2.75, 3.05) is 0 Å². The highest BCUT2D eigenvalue weighted by molar-refractivity contribution is 5.10. The van der Waals surface area contributed by atoms with Gasteiger partial charge in [-0.25, -0.2) is 5.90 Å². The van der Waals surface area contributed by atoms with Gasteiger partial charge in [0.25, 0.3) is 0 Å². The Hall–Kier alpha value is -1.00. The van der Waals surface area contributed by atoms with Crippen LogP contribution in [0.4, 0.5) is 0 Å². The molecule has 0 aliphatic rings. The van der Waals surface area contributed by atoms with Crippen LogP contribution >= 0.6 is 0 Å². The molecule has 1 rings (SSSR count). The van der Waals surface area contributed by atoms with E-state index in [1.54, 1.807) is 12.4 Å². The Morgan fingerprint density at radius 3 is 2.64 bits per heavy atom. The highest BCUT2D eigenvalue weighted by Crippen LogP contribution is 2.13. The normalized spacial score (nSPS) is 13.0. The van der Waals surface area contributed by atoms with Crippen molar-refractivity contribution in [3.63, 3.8) is 0 Å². The zero-order valence-electron chi connectivity index (χ0n) is 6.61. The largest absolute Gasteiger partial charge is 0.295 e. The molecule has 0 saturated carbocycles. The van der Waals surface area contributed by atoms with Gasteiger partial charge in [-0.2, -0.15) is 0 Å². The molecular formula is C7H11N3O. The summed E-state index contributed by atoms with van der Waals surface area (Å²) in [6.07, 6.45) is 3.07. The fraction of sp³-hybridized carbons (Fsp3) is 0.429. The number of hydrogen-bond donors (Lipinski definition) is 1. The standard InChI is InChI=1S/C7H11N3O/c1-5-7(6(2)11-8)10-4-3-9-5/h3-4,6H,8H2,1-2H3. The van der Waals surface area contributed by atoms with E-state index >= 15 is 0 Å². The Morgan fingerprint density at radius 2 is 2.09 bits per heavy atom. The second kappa shape index (κ2) is 3.41. The van der Waals surface area contributed by atoms with E-state index < -0.39 is 0 Å². The molecular weight excluding hydrogens is 142 g/mol. The number of aryl methyl sites for hydroxylation is 1. The van der Waals surface area contributed by atoms with Crippen molar-refractivity contribution in [3.8, 4) is 0 Å². The second-order valence-corrected chi connectivity index (χ2v) is 2.31. The molecule has 0 bridgehead atoms. The summed E-state index contributed by atoms with van der Waals surface area (Å²) in [5, 5.41) is 0. The summed E-state index contributed by atoms with van der Waals surface area (Å²) in [6.45, 7) is 3.70. The third kappa shape index (κ3) is 1.72. The fourth-order valence-corrected chi connectivity index (χ4v) is 0.882. The van der Waals surface area contributed by atoms with E-state index in [2.05, 4.69) is 14.8 Å². The zero-order valence-corrected chi connectivity index (χ0v) is 6.61. The Bertz CT molecular complexity index is 239. The fourth-order valence-electron chi connectivity index (χ4n) is 0.882. The van der Waals surface area contributed by atoms with Crippen LogP contribution in [0.25, 0.3) is 0 Å². The molecule has 0 aliphatic carbocycles. The Balaban J connectivity index is 2.93. The molecule has 1 aromatic heterocycles. The van der Waals surface area contributed by atoms with Crippen LogP contribution in [-0.2, 0) is 4.84 Å². The van der Waals surface area contributed by atoms with Gasteiger partial charge in [-0.3, -0.25) is 14.8 Å². The molecule has 0 aliphatic heterocycles. The minimum Gasteiger partial charge on any atom is -0.295 e. The van der Waals surface area contributed by atoms with E-state index in [9.17, 15) is 0 Å². The summed E-state index contributed by atoms with van der Waals surface area (Å²) < 4.78 is 0. The summed E-state index contributed by atoms with van der Waals surface area (Å²) in [7, 11) is 0. The molecule has 0 aromatic carbocycles. The molecule has 0 saturated heterocycles. The maximum atomic E-state index is 5.01. The lowest BCUT2D eigenvalue weighted by Crippen LogP contribution is -2.09. The van der Waals surface area contributed by atoms with Crippen LogP contribution < -0.4 is 5.90 Å². The van der Waals surface area contributed by atoms with E-state index in [1.807, 2.05) is 13.8 Å². The molecule has 0 spiro atoms. The Morgan fingerprint density at radius 1 is 1.45 bits per heavy atom. The van der Waals surface area contributed by atoms with Gasteiger partial charge in [0.05, 0.1) is 11.4 Å². The first-order chi connectivity index (χ1) is 5.25. The van der Waals surface area contributed by atoms with Crippen molar-refractivity contribution in [2.24, 2.45) is 5.90 Å². The number of rotatable bonds is 2. The van der Waals surface area contributed by atoms with Crippen molar-refractivity contribution >= 4 is 0 Å². The van der Waals surface area contributed by atoms with E-state index in [0.29, 0.717) is 0 Å². The van der Waals surface area contributed by atoms with Gasteiger partial charge in [0.15, 0.2) is 0 Å². The van der Waals surface area contributed by atoms with Crippen molar-refractivity contribution in [2.45, 2.75) is 20.0 Å². The molecule has 2 N–H and O–H groups in total. The van der Waals surface area contributed by atoms with Crippen LogP contribution in [0, 0.1) is 6.92 Å². The summed E-state index contributed by atoms with van der Waals surface area (Å²) in [6, 6.07) is 0. The molecule has 11 heavy (non-hydrogen) atoms. The monoisotopic (exact) mass is 153 g/mol. The predicted molar refractivity (Wildman–Crippen MR) is 40.5 cm³/mol. The van der Waals surface area contributed by atoms with Gasteiger partial charge >= 0.3 is 0 Å². The number of nitrogens with zero attached hydrogens (tertiary/aromatic N) is 2. The van der Waals surface area contributed by atoms with Crippen LogP contribution in [0.1, 0.15) is 24.4 Å². The average molecular weight is 153 g/mol. The average Bonchev–Trinajstić information content (AvgIpc) is 2.04. The first-order valence-corrected chi connectivity index (χ1v) is 3.38. The van der Waals surface area contributed by atoms with E-state index in [4.69, 9.17) is 5.90 Å². The summed E-state index contributed by atoms with van der Waals surface area (Å²) >= 11 is 0. The smallest absolute Gasteiger partial charge is 0.120 e. The molecule has 1 atom stereocenters. The van der Waals surface area contributed by atoms with Crippen molar-refractivity contribution in [3.05, 3.63) is 23.8 Å². The molecule has 0 amide bonds. The van der Waals surface area contributed by atoms with Crippen molar-refractivity contribution in [1.82, 2.24) is 9.97 Å². The molecule has 60 valence electrons. The molecule has 1 heterocycles. The second-order valence-electron chi connectivity index (χ2n) is 2.31. The predicted octanol–water partition coefficient (Wildman–Crippen LogP) is 0.736. The third-order valence-electron chi connectivity index (χ3n) is 1.51. The van der Waals surface area contributed by atoms with Gasteiger partial charge in [0.1, 0.15) is 6.10 Å². The van der Waals surface area contributed by atoms with E-state index in [1.165, 1.54) is 0 Å². The van der Waals surface area contributed by atoms with Crippen LogP contribution in [0.5, 0.6) is 0 Å². The van der Waals surface area contributed by atoms with Crippen molar-refractivity contribution in [1.29, 1.82) is 0 Å². The molecule has 0 radical (unpaired) electrons. The highest BCUT2D eigenvalue weighted by Gasteiger charge is 2.08. The lowest BCUT2D eigenvalue weighted by Gasteiger charge is -2.08. The quantitative estimate of drug-likeness (QED) is 0.636. The lowest BCUT2D eigenvalue weighted by molar-refractivity contribution is 0.0626. The van der Waals surface area contributed by atoms with Crippen molar-refractivity contribution < 1.29 is 4.84 Å². The summed E-state index contributed by atoms with van der Waals surface area (Å²) in [5.74, 6) is 5.01. The van der Waals surface area contributed by atoms with Gasteiger partial charge < -0.3 is 0 Å². The lowest BCUT2D eigenvalue weighted by atomic mass is 10.2. The Kier molecular flexibility index (Phi) is 2.51. The van der Waals surface area contributed by atoms with Gasteiger partial charge in [-0.15, -0.1) is 0 Å². The van der Waals surface area contributed by atoms with Gasteiger partial charge in [-0.1, -0.05) is 0 Å². The SMILES string of the molecule is Cc1nccnc1C(C)ON. The summed E-state index contributed by atoms with van der Waals surface area (Å²) in [4.78, 5) is 12.7. The minimum atomic E-state index is -0.191. The molecule has 0 fully saturated rings. The first-order valence-electron chi connectivity index (χ1n) is 3.38. The third-order valence-corrected chi connectivity index (χ3v) is 1.51. The van der Waals surface area contributed by atoms with Crippen LogP contribution in [-0.4, -0.2) is 9.97 Å². The number of nitrogens with two attached hydrogens (primary N) is 1. The number of hydrogen-bond acceptors (Lipinski definition) is 4. The van der Waals surface area contributed by atoms with Crippen LogP contribution in [0.2, 0.25) is 0 Å². The minimum absolute atomic E-state index is 0.191. The van der Waals surface area contributed by atoms with Gasteiger partial charge in [0, 0.05) is 12.4 Å². The zero-order chi connectivity index (χ0) is 8.27. The first kappa shape index (κ1) is 8.10. The maximum Gasteiger partial charge on any atom is 0.120 e. The van der Waals surface area contributed by atoms with E-state index in [0.717, 1.165) is 11.4 Å². The molecule has 1 aromatic rings. The molecule has 4 nitrogen and oxygen atoms in total.